The van der Waals surface area contributed by atoms with E-state index in [4.69, 9.17) is 9.84 Å². The summed E-state index contributed by atoms with van der Waals surface area (Å²) in [4.78, 5) is 10.7. The smallest absolute Gasteiger partial charge is 0.335 e. The normalized spacial score (nSPS) is 10.8. The number of allylic oxidation sites excluding steroid dienone is 2. The molecule has 0 aliphatic heterocycles. The second-order valence-corrected chi connectivity index (χ2v) is 4.79. The van der Waals surface area contributed by atoms with Gasteiger partial charge in [-0.25, -0.2) is 4.79 Å². The Bertz CT molecular complexity index is 407. The predicted molar refractivity (Wildman–Crippen MR) is 81.4 cm³/mol. The summed E-state index contributed by atoms with van der Waals surface area (Å²) in [5.74, 6) is -0.188. The third-order valence-corrected chi connectivity index (χ3v) is 3.03. The molecule has 110 valence electrons. The highest BCUT2D eigenvalue weighted by atomic mass is 16.5. The third kappa shape index (κ3) is 6.98. The Morgan fingerprint density at radius 2 is 1.75 bits per heavy atom. The Balaban J connectivity index is 2.10. The summed E-state index contributed by atoms with van der Waals surface area (Å²) >= 11 is 0. The Morgan fingerprint density at radius 1 is 1.10 bits per heavy atom. The van der Waals surface area contributed by atoms with Crippen LogP contribution in [0.25, 0.3) is 0 Å². The van der Waals surface area contributed by atoms with Crippen LogP contribution in [0.15, 0.2) is 36.4 Å². The standard InChI is InChI=1S/C17H24O3/c1-2-3-4-5-6-7-8-9-14-20-16-12-10-15(11-13-16)17(18)19/h6-7,10-13H,2-5,8-9,14H2,1H3,(H,18,19). The monoisotopic (exact) mass is 276 g/mol. The van der Waals surface area contributed by atoms with E-state index in [1.807, 2.05) is 0 Å². The lowest BCUT2D eigenvalue weighted by Gasteiger charge is -2.05. The van der Waals surface area contributed by atoms with Gasteiger partial charge < -0.3 is 9.84 Å². The lowest BCUT2D eigenvalue weighted by atomic mass is 10.2. The first-order chi connectivity index (χ1) is 9.74. The summed E-state index contributed by atoms with van der Waals surface area (Å²) in [6.45, 7) is 2.87. The number of rotatable bonds is 10. The van der Waals surface area contributed by atoms with E-state index in [2.05, 4.69) is 19.1 Å². The zero-order chi connectivity index (χ0) is 14.6. The topological polar surface area (TPSA) is 46.5 Å². The van der Waals surface area contributed by atoms with Gasteiger partial charge in [-0.05, 0) is 49.9 Å². The third-order valence-electron chi connectivity index (χ3n) is 3.03. The number of aromatic carboxylic acids is 1. The van der Waals surface area contributed by atoms with Crippen molar-refractivity contribution in [2.45, 2.75) is 45.4 Å². The maximum absolute atomic E-state index is 10.7. The van der Waals surface area contributed by atoms with Gasteiger partial charge in [0.15, 0.2) is 0 Å². The molecule has 0 spiro atoms. The average molecular weight is 276 g/mol. The summed E-state index contributed by atoms with van der Waals surface area (Å²) in [5, 5.41) is 8.78. The second-order valence-electron chi connectivity index (χ2n) is 4.79. The number of carboxylic acid groups (broad SMARTS) is 1. The quantitative estimate of drug-likeness (QED) is 0.498. The number of unbranched alkanes of at least 4 members (excludes halogenated alkanes) is 4. The SMILES string of the molecule is CCCCCC=CCCCOc1ccc(C(=O)O)cc1. The van der Waals surface area contributed by atoms with Crippen LogP contribution in [0.3, 0.4) is 0 Å². The Labute approximate surface area is 121 Å². The fourth-order valence-corrected chi connectivity index (χ4v) is 1.83. The van der Waals surface area contributed by atoms with Gasteiger partial charge in [0, 0.05) is 0 Å². The maximum atomic E-state index is 10.7. The summed E-state index contributed by atoms with van der Waals surface area (Å²) < 4.78 is 5.56. The number of hydrogen-bond donors (Lipinski definition) is 1. The number of carboxylic acids is 1. The first-order valence-electron chi connectivity index (χ1n) is 7.35. The second kappa shape index (κ2) is 10.1. The molecule has 0 saturated carbocycles. The van der Waals surface area contributed by atoms with E-state index in [-0.39, 0.29) is 5.56 Å². The number of hydrogen-bond acceptors (Lipinski definition) is 2. The first kappa shape index (κ1) is 16.3. The number of ether oxygens (including phenoxy) is 1. The highest BCUT2D eigenvalue weighted by molar-refractivity contribution is 5.87. The molecule has 1 N–H and O–H groups in total. The molecule has 0 unspecified atom stereocenters. The Kier molecular flexibility index (Phi) is 8.20. The van der Waals surface area contributed by atoms with Gasteiger partial charge in [-0.15, -0.1) is 0 Å². The van der Waals surface area contributed by atoms with Crippen molar-refractivity contribution in [3.63, 3.8) is 0 Å². The van der Waals surface area contributed by atoms with Crippen LogP contribution in [0.2, 0.25) is 0 Å². The Hall–Kier alpha value is -1.77. The van der Waals surface area contributed by atoms with Gasteiger partial charge in [0.25, 0.3) is 0 Å². The van der Waals surface area contributed by atoms with Crippen molar-refractivity contribution in [2.24, 2.45) is 0 Å². The molecule has 0 fully saturated rings. The molecule has 0 atom stereocenters. The minimum atomic E-state index is -0.912. The summed E-state index contributed by atoms with van der Waals surface area (Å²) in [6.07, 6.45) is 11.5. The van der Waals surface area contributed by atoms with Gasteiger partial charge in [0.05, 0.1) is 12.2 Å². The molecule has 0 heterocycles. The highest BCUT2D eigenvalue weighted by Crippen LogP contribution is 2.12. The van der Waals surface area contributed by atoms with Crippen molar-refractivity contribution in [2.75, 3.05) is 6.61 Å². The van der Waals surface area contributed by atoms with Crippen LogP contribution in [0, 0.1) is 0 Å². The van der Waals surface area contributed by atoms with Gasteiger partial charge in [-0.3, -0.25) is 0 Å². The maximum Gasteiger partial charge on any atom is 0.335 e. The molecular weight excluding hydrogens is 252 g/mol. The van der Waals surface area contributed by atoms with Crippen molar-refractivity contribution < 1.29 is 14.6 Å². The zero-order valence-electron chi connectivity index (χ0n) is 12.2. The van der Waals surface area contributed by atoms with E-state index in [0.29, 0.717) is 6.61 Å². The molecule has 0 saturated heterocycles. The van der Waals surface area contributed by atoms with Crippen molar-refractivity contribution in [1.29, 1.82) is 0 Å². The average Bonchev–Trinajstić information content (AvgIpc) is 2.46. The summed E-state index contributed by atoms with van der Waals surface area (Å²) in [6, 6.07) is 6.52. The molecule has 1 aromatic rings. The fourth-order valence-electron chi connectivity index (χ4n) is 1.83. The Morgan fingerprint density at radius 3 is 2.35 bits per heavy atom. The van der Waals surface area contributed by atoms with Crippen molar-refractivity contribution >= 4 is 5.97 Å². The van der Waals surface area contributed by atoms with Crippen molar-refractivity contribution in [3.05, 3.63) is 42.0 Å². The van der Waals surface area contributed by atoms with Gasteiger partial charge in [0.1, 0.15) is 5.75 Å². The zero-order valence-corrected chi connectivity index (χ0v) is 12.2. The molecule has 0 aromatic heterocycles. The van der Waals surface area contributed by atoms with Gasteiger partial charge in [0.2, 0.25) is 0 Å². The molecule has 1 rings (SSSR count). The molecule has 0 radical (unpaired) electrons. The first-order valence-corrected chi connectivity index (χ1v) is 7.35. The lowest BCUT2D eigenvalue weighted by Crippen LogP contribution is -1.98. The van der Waals surface area contributed by atoms with Crippen LogP contribution in [-0.2, 0) is 0 Å². The van der Waals surface area contributed by atoms with Crippen LogP contribution in [0.4, 0.5) is 0 Å². The molecule has 20 heavy (non-hydrogen) atoms. The molecule has 0 aliphatic carbocycles. The van der Waals surface area contributed by atoms with Crippen molar-refractivity contribution in [1.82, 2.24) is 0 Å². The molecule has 0 aliphatic rings. The van der Waals surface area contributed by atoms with Crippen LogP contribution >= 0.6 is 0 Å². The van der Waals surface area contributed by atoms with E-state index in [0.717, 1.165) is 18.6 Å². The fraction of sp³-hybridized carbons (Fsp3) is 0.471. The van der Waals surface area contributed by atoms with E-state index in [1.54, 1.807) is 24.3 Å². The summed E-state index contributed by atoms with van der Waals surface area (Å²) in [5.41, 5.74) is 0.285. The van der Waals surface area contributed by atoms with E-state index < -0.39 is 5.97 Å². The highest BCUT2D eigenvalue weighted by Gasteiger charge is 2.01. The van der Waals surface area contributed by atoms with Gasteiger partial charge >= 0.3 is 5.97 Å². The van der Waals surface area contributed by atoms with Crippen LogP contribution in [0.5, 0.6) is 5.75 Å². The largest absolute Gasteiger partial charge is 0.494 e. The summed E-state index contributed by atoms with van der Waals surface area (Å²) in [7, 11) is 0. The molecule has 0 bridgehead atoms. The predicted octanol–water partition coefficient (Wildman–Crippen LogP) is 4.68. The van der Waals surface area contributed by atoms with E-state index >= 15 is 0 Å². The van der Waals surface area contributed by atoms with E-state index in [9.17, 15) is 4.79 Å². The molecular formula is C17H24O3. The van der Waals surface area contributed by atoms with Gasteiger partial charge in [-0.2, -0.15) is 0 Å². The lowest BCUT2D eigenvalue weighted by molar-refractivity contribution is 0.0697. The van der Waals surface area contributed by atoms with Crippen LogP contribution < -0.4 is 4.74 Å². The van der Waals surface area contributed by atoms with Crippen LogP contribution in [-0.4, -0.2) is 17.7 Å². The molecule has 0 amide bonds. The molecule has 3 nitrogen and oxygen atoms in total. The minimum Gasteiger partial charge on any atom is -0.494 e. The van der Waals surface area contributed by atoms with Gasteiger partial charge in [-0.1, -0.05) is 31.9 Å². The van der Waals surface area contributed by atoms with E-state index in [1.165, 1.54) is 25.7 Å². The number of benzene rings is 1. The van der Waals surface area contributed by atoms with Crippen molar-refractivity contribution in [3.8, 4) is 5.75 Å². The number of carbonyl (C=O) groups is 1. The minimum absolute atomic E-state index is 0.285. The molecule has 3 heteroatoms. The molecule has 1 aromatic carbocycles. The van der Waals surface area contributed by atoms with Crippen LogP contribution in [0.1, 0.15) is 55.8 Å².